The topological polar surface area (TPSA) is 169 Å². The van der Waals surface area contributed by atoms with Crippen LogP contribution in [0.2, 0.25) is 10.0 Å². The molecule has 0 radical (unpaired) electrons. The molecule has 1 saturated heterocycles. The molecule has 1 aliphatic heterocycles. The molecule has 248 valence electrons. The Balaban J connectivity index is 1.90. The zero-order valence-electron chi connectivity index (χ0n) is 25.1. The van der Waals surface area contributed by atoms with Crippen LogP contribution in [0.25, 0.3) is 0 Å². The molecule has 1 aromatic carbocycles. The molecule has 1 aliphatic rings. The van der Waals surface area contributed by atoms with Gasteiger partial charge in [-0.15, -0.1) is 0 Å². The molecule has 1 fully saturated rings. The lowest BCUT2D eigenvalue weighted by Crippen LogP contribution is -2.60. The average Bonchev–Trinajstić information content (AvgIpc) is 2.98. The average molecular weight is 653 g/mol. The minimum atomic E-state index is -1.66. The van der Waals surface area contributed by atoms with Gasteiger partial charge in [-0.25, -0.2) is 0 Å². The van der Waals surface area contributed by atoms with Crippen molar-refractivity contribution in [3.63, 3.8) is 0 Å². The zero-order chi connectivity index (χ0) is 31.8. The van der Waals surface area contributed by atoms with Gasteiger partial charge in [-0.2, -0.15) is 0 Å². The Morgan fingerprint density at radius 2 is 1.49 bits per heavy atom. The largest absolute Gasteiger partial charge is 0.394 e. The third-order valence-electron chi connectivity index (χ3n) is 7.94. The Bertz CT molecular complexity index is 925. The van der Waals surface area contributed by atoms with E-state index in [1.807, 2.05) is 0 Å². The summed E-state index contributed by atoms with van der Waals surface area (Å²) < 4.78 is 11.0. The van der Waals surface area contributed by atoms with Crippen molar-refractivity contribution in [3.05, 3.63) is 33.8 Å². The van der Waals surface area contributed by atoms with Gasteiger partial charge >= 0.3 is 0 Å². The van der Waals surface area contributed by atoms with E-state index in [-0.39, 0.29) is 10.6 Å². The van der Waals surface area contributed by atoms with E-state index >= 15 is 0 Å². The van der Waals surface area contributed by atoms with Crippen LogP contribution in [0.1, 0.15) is 101 Å². The van der Waals surface area contributed by atoms with Gasteiger partial charge in [0, 0.05) is 5.02 Å². The third-order valence-corrected chi connectivity index (χ3v) is 8.49. The van der Waals surface area contributed by atoms with Crippen molar-refractivity contribution in [1.82, 2.24) is 5.32 Å². The van der Waals surface area contributed by atoms with Crippen LogP contribution in [0, 0.1) is 0 Å². The summed E-state index contributed by atoms with van der Waals surface area (Å²) >= 11 is 12.1. The number of unbranched alkanes of at least 4 members (excludes halogenated alkanes) is 11. The molecule has 0 aliphatic carbocycles. The number of nitrogens with one attached hydrogen (secondary N) is 1. The Kier molecular flexibility index (Phi) is 18.5. The maximum absolute atomic E-state index is 13.0. The molecule has 1 aromatic rings. The molecule has 1 amide bonds. The van der Waals surface area contributed by atoms with Gasteiger partial charge in [0.25, 0.3) is 5.91 Å². The van der Waals surface area contributed by atoms with Crippen LogP contribution in [-0.2, 0) is 9.47 Å². The Morgan fingerprint density at radius 1 is 0.907 bits per heavy atom. The molecule has 0 unspecified atom stereocenters. The fraction of sp³-hybridized carbons (Fsp3) is 0.774. The highest BCUT2D eigenvalue weighted by molar-refractivity contribution is 6.36. The molecule has 1 heterocycles. The van der Waals surface area contributed by atoms with E-state index in [1.165, 1.54) is 69.6 Å². The minimum absolute atomic E-state index is 0.0881. The summed E-state index contributed by atoms with van der Waals surface area (Å²) in [4.78, 5) is 13.0. The fourth-order valence-corrected chi connectivity index (χ4v) is 5.68. The van der Waals surface area contributed by atoms with Gasteiger partial charge < -0.3 is 45.4 Å². The second kappa shape index (κ2) is 20.9. The lowest BCUT2D eigenvalue weighted by Gasteiger charge is -2.40. The summed E-state index contributed by atoms with van der Waals surface area (Å²) in [6.07, 6.45) is 4.07. The van der Waals surface area contributed by atoms with E-state index in [2.05, 4.69) is 12.2 Å². The highest BCUT2D eigenvalue weighted by Gasteiger charge is 2.44. The number of hydrogen-bond donors (Lipinski definition) is 7. The quantitative estimate of drug-likeness (QED) is 0.0979. The van der Waals surface area contributed by atoms with Crippen LogP contribution in [0.5, 0.6) is 0 Å². The van der Waals surface area contributed by atoms with Crippen molar-refractivity contribution in [2.24, 2.45) is 0 Å². The van der Waals surface area contributed by atoms with Crippen LogP contribution in [0.15, 0.2) is 18.2 Å². The predicted octanol–water partition coefficient (Wildman–Crippen LogP) is 3.72. The molecule has 7 N–H and O–H groups in total. The first-order chi connectivity index (χ1) is 20.6. The molecule has 2 rings (SSSR count). The van der Waals surface area contributed by atoms with Crippen molar-refractivity contribution >= 4 is 29.1 Å². The maximum Gasteiger partial charge on any atom is 0.253 e. The SMILES string of the molecule is CCCCCCCCCCCCCC[C@@H](O)[C@@H](O)[C@H](CO[C@H]1O[C@H](CO)[C@H](O)[C@H](O)[C@H]1O)NC(=O)c1ccc(Cl)cc1Cl. The van der Waals surface area contributed by atoms with E-state index in [0.717, 1.165) is 19.3 Å². The van der Waals surface area contributed by atoms with Gasteiger partial charge in [0.2, 0.25) is 0 Å². The fourth-order valence-electron chi connectivity index (χ4n) is 5.18. The van der Waals surface area contributed by atoms with Gasteiger partial charge in [-0.3, -0.25) is 4.79 Å². The molecule has 0 spiro atoms. The number of aliphatic hydroxyl groups excluding tert-OH is 6. The van der Waals surface area contributed by atoms with Gasteiger partial charge in [0.15, 0.2) is 6.29 Å². The number of aliphatic hydroxyl groups is 6. The van der Waals surface area contributed by atoms with E-state index in [1.54, 1.807) is 0 Å². The second-order valence-corrected chi connectivity index (χ2v) is 12.3. The molecular formula is C31H51Cl2NO9. The van der Waals surface area contributed by atoms with Gasteiger partial charge in [-0.05, 0) is 24.6 Å². The molecule has 43 heavy (non-hydrogen) atoms. The molecule has 8 atom stereocenters. The number of hydrogen-bond acceptors (Lipinski definition) is 9. The number of halogens is 2. The van der Waals surface area contributed by atoms with E-state index in [9.17, 15) is 35.4 Å². The standard InChI is InChI=1S/C31H51Cl2NO9/c1-2-3-4-5-6-7-8-9-10-11-12-13-14-24(36)26(37)23(34-30(41)21-16-15-20(32)17-22(21)33)19-42-31-29(40)28(39)27(38)25(18-35)43-31/h15-17,23-29,31,35-40H,2-14,18-19H2,1H3,(H,34,41)/t23-,24+,25+,26-,27-,28-,29+,31-/m0/s1. The van der Waals surface area contributed by atoms with Crippen molar-refractivity contribution < 1.29 is 44.9 Å². The summed E-state index contributed by atoms with van der Waals surface area (Å²) in [5.74, 6) is -0.652. The minimum Gasteiger partial charge on any atom is -0.394 e. The van der Waals surface area contributed by atoms with Gasteiger partial charge in [0.1, 0.15) is 30.5 Å². The Hall–Kier alpha value is -1.05. The van der Waals surface area contributed by atoms with E-state index in [0.29, 0.717) is 17.9 Å². The van der Waals surface area contributed by atoms with Gasteiger partial charge in [0.05, 0.1) is 35.9 Å². The Morgan fingerprint density at radius 3 is 2.05 bits per heavy atom. The number of amides is 1. The van der Waals surface area contributed by atoms with Crippen molar-refractivity contribution in [2.45, 2.75) is 139 Å². The summed E-state index contributed by atoms with van der Waals surface area (Å²) in [5, 5.41) is 64.7. The van der Waals surface area contributed by atoms with Crippen LogP contribution >= 0.6 is 23.2 Å². The number of carbonyl (C=O) groups is 1. The second-order valence-electron chi connectivity index (χ2n) is 11.5. The summed E-state index contributed by atoms with van der Waals surface area (Å²) in [6, 6.07) is 3.14. The lowest BCUT2D eigenvalue weighted by atomic mass is 9.98. The molecule has 0 aromatic heterocycles. The highest BCUT2D eigenvalue weighted by Crippen LogP contribution is 2.24. The zero-order valence-corrected chi connectivity index (χ0v) is 26.6. The first kappa shape index (κ1) is 38.1. The number of rotatable bonds is 21. The number of carbonyl (C=O) groups excluding carboxylic acids is 1. The van der Waals surface area contributed by atoms with Crippen LogP contribution in [-0.4, -0.2) is 98.7 Å². The molecule has 0 saturated carbocycles. The number of benzene rings is 1. The predicted molar refractivity (Wildman–Crippen MR) is 165 cm³/mol. The Labute approximate surface area is 265 Å². The van der Waals surface area contributed by atoms with E-state index < -0.39 is 68.1 Å². The molecule has 10 nitrogen and oxygen atoms in total. The van der Waals surface area contributed by atoms with Crippen molar-refractivity contribution in [3.8, 4) is 0 Å². The van der Waals surface area contributed by atoms with Crippen molar-refractivity contribution in [1.29, 1.82) is 0 Å². The summed E-state index contributed by atoms with van der Waals surface area (Å²) in [6.45, 7) is 1.15. The summed E-state index contributed by atoms with van der Waals surface area (Å²) in [7, 11) is 0. The van der Waals surface area contributed by atoms with Crippen molar-refractivity contribution in [2.75, 3.05) is 13.2 Å². The number of ether oxygens (including phenoxy) is 2. The van der Waals surface area contributed by atoms with Crippen LogP contribution in [0.4, 0.5) is 0 Å². The lowest BCUT2D eigenvalue weighted by molar-refractivity contribution is -0.303. The maximum atomic E-state index is 13.0. The first-order valence-corrected chi connectivity index (χ1v) is 16.4. The summed E-state index contributed by atoms with van der Waals surface area (Å²) in [5.41, 5.74) is 0.0894. The smallest absolute Gasteiger partial charge is 0.253 e. The first-order valence-electron chi connectivity index (χ1n) is 15.6. The molecule has 0 bridgehead atoms. The third kappa shape index (κ3) is 13.1. The van der Waals surface area contributed by atoms with Gasteiger partial charge in [-0.1, -0.05) is 107 Å². The normalized spacial score (nSPS) is 24.4. The van der Waals surface area contributed by atoms with Crippen LogP contribution < -0.4 is 5.32 Å². The molecular weight excluding hydrogens is 601 g/mol. The van der Waals surface area contributed by atoms with E-state index in [4.69, 9.17) is 32.7 Å². The molecule has 12 heteroatoms. The highest BCUT2D eigenvalue weighted by atomic mass is 35.5. The van der Waals surface area contributed by atoms with Crippen LogP contribution in [0.3, 0.4) is 0 Å². The monoisotopic (exact) mass is 651 g/mol.